The van der Waals surface area contributed by atoms with Gasteiger partial charge in [0.25, 0.3) is 0 Å². The first kappa shape index (κ1) is 11.5. The van der Waals surface area contributed by atoms with Crippen LogP contribution in [0.15, 0.2) is 12.5 Å². The number of hydrogen-bond acceptors (Lipinski definition) is 3. The van der Waals surface area contributed by atoms with Gasteiger partial charge in [0, 0.05) is 17.4 Å². The van der Waals surface area contributed by atoms with Crippen LogP contribution in [0.4, 0.5) is 0 Å². The van der Waals surface area contributed by atoms with E-state index < -0.39 is 0 Å². The van der Waals surface area contributed by atoms with Gasteiger partial charge in [-0.15, -0.1) is 0 Å². The largest absolute Gasteiger partial charge is 0.312 e. The highest BCUT2D eigenvalue weighted by atomic mass is 14.9. The van der Waals surface area contributed by atoms with Crippen LogP contribution in [0.5, 0.6) is 0 Å². The van der Waals surface area contributed by atoms with Crippen LogP contribution in [-0.2, 0) is 12.8 Å². The summed E-state index contributed by atoms with van der Waals surface area (Å²) >= 11 is 0. The number of aromatic nitrogens is 2. The fourth-order valence-corrected chi connectivity index (χ4v) is 2.16. The molecule has 1 atom stereocenters. The zero-order valence-electron chi connectivity index (χ0n) is 10.5. The standard InChI is InChI=1S/C13H21N3/c1-13(2,3)16-7-10-4-5-12-11(6-10)8-14-9-15-12/h8-10,16H,4-7H2,1-3H3. The predicted molar refractivity (Wildman–Crippen MR) is 65.3 cm³/mol. The second-order valence-corrected chi connectivity index (χ2v) is 5.73. The smallest absolute Gasteiger partial charge is 0.115 e. The van der Waals surface area contributed by atoms with E-state index in [0.717, 1.165) is 25.3 Å². The quantitative estimate of drug-likeness (QED) is 0.826. The van der Waals surface area contributed by atoms with Gasteiger partial charge in [-0.3, -0.25) is 0 Å². The summed E-state index contributed by atoms with van der Waals surface area (Å²) in [5.74, 6) is 0.734. The van der Waals surface area contributed by atoms with Crippen LogP contribution in [0.3, 0.4) is 0 Å². The molecule has 0 saturated heterocycles. The molecule has 1 heterocycles. The molecule has 0 bridgehead atoms. The second-order valence-electron chi connectivity index (χ2n) is 5.73. The topological polar surface area (TPSA) is 37.8 Å². The lowest BCUT2D eigenvalue weighted by Gasteiger charge is -2.28. The lowest BCUT2D eigenvalue weighted by Crippen LogP contribution is -2.40. The molecule has 1 aliphatic carbocycles. The third kappa shape index (κ3) is 3.01. The molecule has 3 nitrogen and oxygen atoms in total. The molecule has 0 spiro atoms. The molecule has 0 fully saturated rings. The van der Waals surface area contributed by atoms with Gasteiger partial charge in [0.1, 0.15) is 6.33 Å². The normalized spacial score (nSPS) is 20.6. The fraction of sp³-hybridized carbons (Fsp3) is 0.692. The number of nitrogens with zero attached hydrogens (tertiary/aromatic N) is 2. The van der Waals surface area contributed by atoms with Gasteiger partial charge >= 0.3 is 0 Å². The van der Waals surface area contributed by atoms with Gasteiger partial charge in [0.2, 0.25) is 0 Å². The maximum absolute atomic E-state index is 4.33. The molecule has 0 aliphatic heterocycles. The highest BCUT2D eigenvalue weighted by Gasteiger charge is 2.21. The van der Waals surface area contributed by atoms with E-state index in [4.69, 9.17) is 0 Å². The summed E-state index contributed by atoms with van der Waals surface area (Å²) in [7, 11) is 0. The van der Waals surface area contributed by atoms with Gasteiger partial charge in [-0.1, -0.05) is 0 Å². The van der Waals surface area contributed by atoms with Crippen molar-refractivity contribution in [2.24, 2.45) is 5.92 Å². The Morgan fingerprint density at radius 2 is 2.25 bits per heavy atom. The summed E-state index contributed by atoms with van der Waals surface area (Å²) < 4.78 is 0. The molecule has 1 N–H and O–H groups in total. The maximum Gasteiger partial charge on any atom is 0.115 e. The van der Waals surface area contributed by atoms with Crippen molar-refractivity contribution >= 4 is 0 Å². The van der Waals surface area contributed by atoms with Crippen LogP contribution in [0.25, 0.3) is 0 Å². The molecule has 1 aromatic heterocycles. The average molecular weight is 219 g/mol. The lowest BCUT2D eigenvalue weighted by molar-refractivity contribution is 0.347. The molecular weight excluding hydrogens is 198 g/mol. The Labute approximate surface area is 97.7 Å². The highest BCUT2D eigenvalue weighted by molar-refractivity contribution is 5.19. The number of nitrogens with one attached hydrogen (secondary N) is 1. The molecular formula is C13H21N3. The molecule has 3 heteroatoms. The van der Waals surface area contributed by atoms with Crippen LogP contribution >= 0.6 is 0 Å². The molecule has 0 saturated carbocycles. The number of hydrogen-bond donors (Lipinski definition) is 1. The predicted octanol–water partition coefficient (Wildman–Crippen LogP) is 1.97. The second kappa shape index (κ2) is 4.50. The Morgan fingerprint density at radius 3 is 3.00 bits per heavy atom. The summed E-state index contributed by atoms with van der Waals surface area (Å²) in [5.41, 5.74) is 2.81. The van der Waals surface area contributed by atoms with Crippen molar-refractivity contribution in [3.05, 3.63) is 23.8 Å². The van der Waals surface area contributed by atoms with Crippen LogP contribution in [0, 0.1) is 5.92 Å². The van der Waals surface area contributed by atoms with Gasteiger partial charge in [0.05, 0.1) is 0 Å². The van der Waals surface area contributed by atoms with E-state index in [-0.39, 0.29) is 5.54 Å². The van der Waals surface area contributed by atoms with Crippen LogP contribution in [-0.4, -0.2) is 22.1 Å². The summed E-state index contributed by atoms with van der Waals surface area (Å²) in [4.78, 5) is 8.44. The maximum atomic E-state index is 4.33. The first-order valence-electron chi connectivity index (χ1n) is 6.07. The van der Waals surface area contributed by atoms with Gasteiger partial charge in [-0.25, -0.2) is 9.97 Å². The molecule has 0 radical (unpaired) electrons. The van der Waals surface area contributed by atoms with E-state index in [1.165, 1.54) is 17.7 Å². The Balaban J connectivity index is 1.93. The SMILES string of the molecule is CC(C)(C)NCC1CCc2ncncc2C1. The number of rotatable bonds is 2. The minimum atomic E-state index is 0.216. The van der Waals surface area contributed by atoms with E-state index >= 15 is 0 Å². The monoisotopic (exact) mass is 219 g/mol. The highest BCUT2D eigenvalue weighted by Crippen LogP contribution is 2.23. The summed E-state index contributed by atoms with van der Waals surface area (Å²) in [6.07, 6.45) is 7.11. The van der Waals surface area contributed by atoms with Crippen molar-refractivity contribution in [2.75, 3.05) is 6.54 Å². The van der Waals surface area contributed by atoms with Gasteiger partial charge in [-0.2, -0.15) is 0 Å². The first-order valence-corrected chi connectivity index (χ1v) is 6.07. The summed E-state index contributed by atoms with van der Waals surface area (Å²) in [5, 5.41) is 3.58. The zero-order chi connectivity index (χ0) is 11.6. The van der Waals surface area contributed by atoms with Crippen molar-refractivity contribution < 1.29 is 0 Å². The fourth-order valence-electron chi connectivity index (χ4n) is 2.16. The Morgan fingerprint density at radius 1 is 1.44 bits per heavy atom. The molecule has 1 aliphatic rings. The van der Waals surface area contributed by atoms with Gasteiger partial charge in [0.15, 0.2) is 0 Å². The molecule has 2 rings (SSSR count). The van der Waals surface area contributed by atoms with Crippen molar-refractivity contribution in [2.45, 2.75) is 45.6 Å². The van der Waals surface area contributed by atoms with E-state index in [0.29, 0.717) is 0 Å². The average Bonchev–Trinajstić information content (AvgIpc) is 2.25. The number of aryl methyl sites for hydroxylation is 1. The first-order chi connectivity index (χ1) is 7.54. The van der Waals surface area contributed by atoms with Crippen LogP contribution in [0.1, 0.15) is 38.4 Å². The van der Waals surface area contributed by atoms with Crippen molar-refractivity contribution in [1.82, 2.24) is 15.3 Å². The third-order valence-corrected chi connectivity index (χ3v) is 3.10. The zero-order valence-corrected chi connectivity index (χ0v) is 10.5. The van der Waals surface area contributed by atoms with Crippen molar-refractivity contribution in [1.29, 1.82) is 0 Å². The molecule has 0 aromatic carbocycles. The third-order valence-electron chi connectivity index (χ3n) is 3.10. The van der Waals surface area contributed by atoms with Crippen molar-refractivity contribution in [3.63, 3.8) is 0 Å². The molecule has 1 unspecified atom stereocenters. The van der Waals surface area contributed by atoms with E-state index in [1.54, 1.807) is 6.33 Å². The Hall–Kier alpha value is -0.960. The summed E-state index contributed by atoms with van der Waals surface area (Å²) in [6, 6.07) is 0. The Kier molecular flexibility index (Phi) is 3.24. The minimum absolute atomic E-state index is 0.216. The van der Waals surface area contributed by atoms with Crippen LogP contribution in [0.2, 0.25) is 0 Å². The molecule has 88 valence electrons. The molecule has 0 amide bonds. The Bertz CT molecular complexity index is 354. The number of fused-ring (bicyclic) bond motifs is 1. The molecule has 1 aromatic rings. The van der Waals surface area contributed by atoms with E-state index in [1.807, 2.05) is 6.20 Å². The van der Waals surface area contributed by atoms with Gasteiger partial charge < -0.3 is 5.32 Å². The molecule has 16 heavy (non-hydrogen) atoms. The van der Waals surface area contributed by atoms with Gasteiger partial charge in [-0.05, 0) is 58.1 Å². The minimum Gasteiger partial charge on any atom is -0.312 e. The lowest BCUT2D eigenvalue weighted by atomic mass is 9.87. The van der Waals surface area contributed by atoms with Crippen LogP contribution < -0.4 is 5.32 Å². The van der Waals surface area contributed by atoms with E-state index in [2.05, 4.69) is 36.1 Å². The van der Waals surface area contributed by atoms with E-state index in [9.17, 15) is 0 Å². The summed E-state index contributed by atoms with van der Waals surface area (Å²) in [6.45, 7) is 7.74. The van der Waals surface area contributed by atoms with Crippen molar-refractivity contribution in [3.8, 4) is 0 Å².